The van der Waals surface area contributed by atoms with E-state index in [0.717, 1.165) is 29.3 Å². The summed E-state index contributed by atoms with van der Waals surface area (Å²) in [6, 6.07) is 11.0. The molecule has 162 valence electrons. The second-order valence-electron chi connectivity index (χ2n) is 6.99. The zero-order chi connectivity index (χ0) is 21.9. The van der Waals surface area contributed by atoms with Crippen LogP contribution >= 0.6 is 11.6 Å². The highest BCUT2D eigenvalue weighted by atomic mass is 35.5. The highest BCUT2D eigenvalue weighted by Gasteiger charge is 2.36. The van der Waals surface area contributed by atoms with Gasteiger partial charge in [0.05, 0.1) is 22.0 Å². The second-order valence-corrected chi connectivity index (χ2v) is 9.33. The summed E-state index contributed by atoms with van der Waals surface area (Å²) < 4.78 is 67.0. The molecular weight excluding hydrogens is 441 g/mol. The maximum absolute atomic E-state index is 13.2. The third-order valence-corrected chi connectivity index (χ3v) is 6.97. The summed E-state index contributed by atoms with van der Waals surface area (Å²) in [5.74, 6) is -0.378. The second kappa shape index (κ2) is 8.95. The summed E-state index contributed by atoms with van der Waals surface area (Å²) in [5.41, 5.74) is -0.629. The van der Waals surface area contributed by atoms with Crippen LogP contribution < -0.4 is 0 Å². The van der Waals surface area contributed by atoms with Crippen molar-refractivity contribution in [2.45, 2.75) is 30.5 Å². The normalized spacial score (nSPS) is 15.0. The van der Waals surface area contributed by atoms with Gasteiger partial charge in [0.1, 0.15) is 0 Å². The molecule has 2 aromatic carbocycles. The van der Waals surface area contributed by atoms with Crippen LogP contribution in [0.15, 0.2) is 53.4 Å². The van der Waals surface area contributed by atoms with Gasteiger partial charge >= 0.3 is 6.18 Å². The minimum Gasteiger partial charge on any atom is -0.342 e. The fraction of sp³-hybridized carbons (Fsp3) is 0.350. The molecule has 0 aromatic heterocycles. The molecule has 5 nitrogen and oxygen atoms in total. The summed E-state index contributed by atoms with van der Waals surface area (Å²) in [7, 11) is -4.40. The maximum atomic E-state index is 13.2. The van der Waals surface area contributed by atoms with E-state index in [2.05, 4.69) is 0 Å². The third-order valence-electron chi connectivity index (χ3n) is 4.85. The Morgan fingerprint density at radius 3 is 2.30 bits per heavy atom. The van der Waals surface area contributed by atoms with Crippen molar-refractivity contribution >= 4 is 27.5 Å². The van der Waals surface area contributed by atoms with Crippen LogP contribution in [0.2, 0.25) is 5.02 Å². The zero-order valence-electron chi connectivity index (χ0n) is 15.9. The van der Waals surface area contributed by atoms with Crippen molar-refractivity contribution < 1.29 is 26.4 Å². The van der Waals surface area contributed by atoms with Gasteiger partial charge in [-0.3, -0.25) is 4.79 Å². The molecule has 3 rings (SSSR count). The van der Waals surface area contributed by atoms with Crippen LogP contribution in [0.4, 0.5) is 13.2 Å². The number of carbonyl (C=O) groups is 1. The van der Waals surface area contributed by atoms with Gasteiger partial charge in [-0.05, 0) is 36.6 Å². The van der Waals surface area contributed by atoms with E-state index in [1.54, 1.807) is 35.2 Å². The number of alkyl halides is 3. The fourth-order valence-corrected chi connectivity index (χ4v) is 4.89. The van der Waals surface area contributed by atoms with Crippen LogP contribution in [0.5, 0.6) is 0 Å². The topological polar surface area (TPSA) is 57.7 Å². The lowest BCUT2D eigenvalue weighted by Gasteiger charge is -2.25. The smallest absolute Gasteiger partial charge is 0.342 e. The van der Waals surface area contributed by atoms with Gasteiger partial charge in [-0.25, -0.2) is 8.42 Å². The van der Waals surface area contributed by atoms with Crippen molar-refractivity contribution in [3.05, 3.63) is 64.7 Å². The minimum atomic E-state index is -4.81. The van der Waals surface area contributed by atoms with E-state index in [0.29, 0.717) is 24.7 Å². The summed E-state index contributed by atoms with van der Waals surface area (Å²) in [4.78, 5) is 13.6. The molecule has 0 N–H and O–H groups in total. The molecule has 1 aliphatic heterocycles. The number of halogens is 4. The van der Waals surface area contributed by atoms with E-state index in [1.165, 1.54) is 0 Å². The van der Waals surface area contributed by atoms with Crippen LogP contribution in [0, 0.1) is 0 Å². The van der Waals surface area contributed by atoms with E-state index in [9.17, 15) is 26.4 Å². The van der Waals surface area contributed by atoms with Gasteiger partial charge in [0.2, 0.25) is 15.9 Å². The molecule has 0 radical (unpaired) electrons. The maximum Gasteiger partial charge on any atom is 0.417 e. The summed E-state index contributed by atoms with van der Waals surface area (Å²) in [5, 5.41) is -0.593. The van der Waals surface area contributed by atoms with E-state index in [4.69, 9.17) is 11.6 Å². The van der Waals surface area contributed by atoms with E-state index in [-0.39, 0.29) is 12.5 Å². The summed E-state index contributed by atoms with van der Waals surface area (Å²) in [6.07, 6.45) is -3.13. The third kappa shape index (κ3) is 5.14. The average molecular weight is 461 g/mol. The predicted molar refractivity (Wildman–Crippen MR) is 106 cm³/mol. The van der Waals surface area contributed by atoms with Crippen molar-refractivity contribution in [1.82, 2.24) is 9.21 Å². The Kier molecular flexibility index (Phi) is 6.74. The molecule has 0 aliphatic carbocycles. The summed E-state index contributed by atoms with van der Waals surface area (Å²) in [6.45, 7) is 0.475. The number of carbonyl (C=O) groups excluding carboxylic acids is 1. The molecule has 0 bridgehead atoms. The number of hydrogen-bond donors (Lipinski definition) is 0. The van der Waals surface area contributed by atoms with Crippen LogP contribution in [-0.2, 0) is 27.5 Å². The Bertz CT molecular complexity index is 1010. The van der Waals surface area contributed by atoms with Crippen molar-refractivity contribution in [3.63, 3.8) is 0 Å². The number of rotatable bonds is 6. The number of nitrogens with zero attached hydrogens (tertiary/aromatic N) is 2. The standard InChI is InChI=1S/C20H20ClF3N2O3S/c21-18-9-8-16(12-17(18)20(22,23)24)30(28,29)26(13-15-6-2-1-3-7-15)14-19(27)25-10-4-5-11-25/h1-3,6-9,12H,4-5,10-11,13-14H2. The van der Waals surface area contributed by atoms with Crippen LogP contribution in [0.1, 0.15) is 24.0 Å². The minimum absolute atomic E-state index is 0.146. The lowest BCUT2D eigenvalue weighted by Crippen LogP contribution is -2.41. The van der Waals surface area contributed by atoms with Gasteiger partial charge in [-0.15, -0.1) is 0 Å². The average Bonchev–Trinajstić information content (AvgIpc) is 3.22. The van der Waals surface area contributed by atoms with Gasteiger partial charge < -0.3 is 4.90 Å². The molecule has 10 heteroatoms. The first-order valence-electron chi connectivity index (χ1n) is 9.27. The first-order valence-corrected chi connectivity index (χ1v) is 11.1. The molecule has 2 aromatic rings. The Balaban J connectivity index is 1.97. The van der Waals surface area contributed by atoms with Crippen molar-refractivity contribution in [1.29, 1.82) is 0 Å². The highest BCUT2D eigenvalue weighted by molar-refractivity contribution is 7.89. The Morgan fingerprint density at radius 1 is 1.07 bits per heavy atom. The lowest BCUT2D eigenvalue weighted by molar-refractivity contribution is -0.137. The highest BCUT2D eigenvalue weighted by Crippen LogP contribution is 2.36. The molecule has 1 fully saturated rings. The molecule has 1 heterocycles. The fourth-order valence-electron chi connectivity index (χ4n) is 3.26. The Morgan fingerprint density at radius 2 is 1.70 bits per heavy atom. The quantitative estimate of drug-likeness (QED) is 0.650. The molecule has 0 unspecified atom stereocenters. The molecule has 1 aliphatic rings. The monoisotopic (exact) mass is 460 g/mol. The zero-order valence-corrected chi connectivity index (χ0v) is 17.5. The van der Waals surface area contributed by atoms with Gasteiger partial charge in [-0.2, -0.15) is 17.5 Å². The molecular formula is C20H20ClF3N2O3S. The summed E-state index contributed by atoms with van der Waals surface area (Å²) >= 11 is 5.62. The Labute approximate surface area is 178 Å². The van der Waals surface area contributed by atoms with Gasteiger partial charge in [0, 0.05) is 19.6 Å². The molecule has 0 saturated carbocycles. The number of likely N-dealkylation sites (tertiary alicyclic amines) is 1. The van der Waals surface area contributed by atoms with Crippen LogP contribution in [0.3, 0.4) is 0 Å². The number of hydrogen-bond acceptors (Lipinski definition) is 3. The number of sulfonamides is 1. The molecule has 1 saturated heterocycles. The van der Waals surface area contributed by atoms with Gasteiger partial charge in [0.15, 0.2) is 0 Å². The van der Waals surface area contributed by atoms with E-state index in [1.807, 2.05) is 0 Å². The van der Waals surface area contributed by atoms with Gasteiger partial charge in [0.25, 0.3) is 0 Å². The SMILES string of the molecule is O=C(CN(Cc1ccccc1)S(=O)(=O)c1ccc(Cl)c(C(F)(F)F)c1)N1CCCC1. The van der Waals surface area contributed by atoms with Crippen LogP contribution in [-0.4, -0.2) is 43.2 Å². The largest absolute Gasteiger partial charge is 0.417 e. The molecule has 0 spiro atoms. The molecule has 0 atom stereocenters. The number of benzene rings is 2. The molecule has 1 amide bonds. The van der Waals surface area contributed by atoms with Crippen molar-refractivity contribution in [3.8, 4) is 0 Å². The molecule has 30 heavy (non-hydrogen) atoms. The number of amides is 1. The van der Waals surface area contributed by atoms with E-state index >= 15 is 0 Å². The first-order chi connectivity index (χ1) is 14.1. The lowest BCUT2D eigenvalue weighted by atomic mass is 10.2. The van der Waals surface area contributed by atoms with Crippen molar-refractivity contribution in [2.75, 3.05) is 19.6 Å². The van der Waals surface area contributed by atoms with E-state index < -0.39 is 38.2 Å². The first kappa shape index (κ1) is 22.6. The Hall–Kier alpha value is -2.10. The van der Waals surface area contributed by atoms with Gasteiger partial charge in [-0.1, -0.05) is 41.9 Å². The predicted octanol–water partition coefficient (Wildman–Crippen LogP) is 4.17. The van der Waals surface area contributed by atoms with Crippen LogP contribution in [0.25, 0.3) is 0 Å². The van der Waals surface area contributed by atoms with Crippen molar-refractivity contribution in [2.24, 2.45) is 0 Å².